The zero-order valence-corrected chi connectivity index (χ0v) is 9.77. The fourth-order valence-electron chi connectivity index (χ4n) is 1.65. The molecule has 19 heavy (non-hydrogen) atoms. The van der Waals surface area contributed by atoms with Gasteiger partial charge in [-0.2, -0.15) is 18.3 Å². The number of aromatic carboxylic acids is 1. The Labute approximate surface area is 106 Å². The van der Waals surface area contributed by atoms with Crippen molar-refractivity contribution in [2.75, 3.05) is 0 Å². The summed E-state index contributed by atoms with van der Waals surface area (Å²) in [7, 11) is 0. The van der Waals surface area contributed by atoms with Gasteiger partial charge in [0.2, 0.25) is 0 Å². The van der Waals surface area contributed by atoms with Crippen molar-refractivity contribution in [3.8, 4) is 5.69 Å². The lowest BCUT2D eigenvalue weighted by molar-refractivity contribution is -0.137. The van der Waals surface area contributed by atoms with E-state index in [0.717, 1.165) is 16.8 Å². The Balaban J connectivity index is 2.64. The summed E-state index contributed by atoms with van der Waals surface area (Å²) < 4.78 is 39.9. The molecule has 0 saturated heterocycles. The van der Waals surface area contributed by atoms with Gasteiger partial charge in [0.25, 0.3) is 0 Å². The van der Waals surface area contributed by atoms with Gasteiger partial charge in [-0.25, -0.2) is 9.48 Å². The van der Waals surface area contributed by atoms with Crippen LogP contribution in [0.2, 0.25) is 0 Å². The molecule has 0 atom stereocenters. The zero-order chi connectivity index (χ0) is 14.2. The molecule has 0 saturated carbocycles. The largest absolute Gasteiger partial charge is 0.478 e. The van der Waals surface area contributed by atoms with Gasteiger partial charge in [0.05, 0.1) is 22.5 Å². The number of benzene rings is 1. The van der Waals surface area contributed by atoms with E-state index in [1.807, 2.05) is 0 Å². The van der Waals surface area contributed by atoms with Crippen LogP contribution in [0.4, 0.5) is 13.2 Å². The standard InChI is InChI=1S/C12H9F3N2O2/c1-7-4-5-17(16-7)10-3-2-8(11(18)19)6-9(10)12(13,14)15/h2-6H,1H3,(H,18,19). The van der Waals surface area contributed by atoms with E-state index in [0.29, 0.717) is 11.8 Å². The minimum absolute atomic E-state index is 0.203. The van der Waals surface area contributed by atoms with Gasteiger partial charge in [0.1, 0.15) is 0 Å². The predicted molar refractivity (Wildman–Crippen MR) is 60.3 cm³/mol. The maximum absolute atomic E-state index is 13.0. The van der Waals surface area contributed by atoms with Crippen molar-refractivity contribution in [3.63, 3.8) is 0 Å². The van der Waals surface area contributed by atoms with E-state index in [1.165, 1.54) is 6.20 Å². The van der Waals surface area contributed by atoms with Crippen molar-refractivity contribution < 1.29 is 23.1 Å². The number of nitrogens with zero attached hydrogens (tertiary/aromatic N) is 2. The number of aromatic nitrogens is 2. The Morgan fingerprint density at radius 3 is 2.47 bits per heavy atom. The summed E-state index contributed by atoms with van der Waals surface area (Å²) in [6.07, 6.45) is -3.26. The van der Waals surface area contributed by atoms with Crippen molar-refractivity contribution in [2.45, 2.75) is 13.1 Å². The zero-order valence-electron chi connectivity index (χ0n) is 9.77. The van der Waals surface area contributed by atoms with E-state index in [-0.39, 0.29) is 5.69 Å². The Bertz CT molecular complexity index is 632. The average molecular weight is 270 g/mol. The van der Waals surface area contributed by atoms with Gasteiger partial charge >= 0.3 is 12.1 Å². The summed E-state index contributed by atoms with van der Waals surface area (Å²) in [5.74, 6) is -1.41. The molecular formula is C12H9F3N2O2. The number of alkyl halides is 3. The lowest BCUT2D eigenvalue weighted by Crippen LogP contribution is -2.13. The van der Waals surface area contributed by atoms with Gasteiger partial charge in [-0.1, -0.05) is 0 Å². The number of aryl methyl sites for hydroxylation is 1. The van der Waals surface area contributed by atoms with E-state index in [4.69, 9.17) is 5.11 Å². The van der Waals surface area contributed by atoms with Crippen LogP contribution < -0.4 is 0 Å². The summed E-state index contributed by atoms with van der Waals surface area (Å²) >= 11 is 0. The third-order valence-corrected chi connectivity index (χ3v) is 2.52. The highest BCUT2D eigenvalue weighted by atomic mass is 19.4. The topological polar surface area (TPSA) is 55.1 Å². The number of hydrogen-bond acceptors (Lipinski definition) is 2. The minimum Gasteiger partial charge on any atom is -0.478 e. The number of halogens is 3. The highest BCUT2D eigenvalue weighted by molar-refractivity contribution is 5.88. The fourth-order valence-corrected chi connectivity index (χ4v) is 1.65. The maximum Gasteiger partial charge on any atom is 0.418 e. The van der Waals surface area contributed by atoms with Gasteiger partial charge < -0.3 is 5.11 Å². The van der Waals surface area contributed by atoms with E-state index in [1.54, 1.807) is 13.0 Å². The lowest BCUT2D eigenvalue weighted by Gasteiger charge is -2.13. The van der Waals surface area contributed by atoms with Crippen LogP contribution in [-0.4, -0.2) is 20.9 Å². The molecule has 2 aromatic rings. The third-order valence-electron chi connectivity index (χ3n) is 2.52. The summed E-state index contributed by atoms with van der Waals surface area (Å²) in [4.78, 5) is 10.7. The number of carboxylic acids is 1. The van der Waals surface area contributed by atoms with Gasteiger partial charge in [-0.05, 0) is 31.2 Å². The lowest BCUT2D eigenvalue weighted by atomic mass is 10.1. The first-order chi connectivity index (χ1) is 8.79. The first-order valence-electron chi connectivity index (χ1n) is 5.26. The number of rotatable bonds is 2. The Hall–Kier alpha value is -2.31. The number of carbonyl (C=O) groups is 1. The van der Waals surface area contributed by atoms with E-state index >= 15 is 0 Å². The molecule has 0 aliphatic heterocycles. The highest BCUT2D eigenvalue weighted by Gasteiger charge is 2.35. The molecule has 1 aromatic heterocycles. The van der Waals surface area contributed by atoms with Crippen molar-refractivity contribution >= 4 is 5.97 Å². The van der Waals surface area contributed by atoms with Gasteiger partial charge in [-0.3, -0.25) is 0 Å². The average Bonchev–Trinajstić information content (AvgIpc) is 2.73. The van der Waals surface area contributed by atoms with Crippen LogP contribution in [-0.2, 0) is 6.18 Å². The molecule has 0 bridgehead atoms. The molecule has 1 heterocycles. The van der Waals surface area contributed by atoms with Crippen molar-refractivity contribution in [3.05, 3.63) is 47.3 Å². The Morgan fingerprint density at radius 1 is 1.32 bits per heavy atom. The van der Waals surface area contributed by atoms with Gasteiger partial charge in [0, 0.05) is 6.20 Å². The molecular weight excluding hydrogens is 261 g/mol. The number of carboxylic acid groups (broad SMARTS) is 1. The summed E-state index contributed by atoms with van der Waals surface area (Å²) in [5, 5.41) is 12.6. The summed E-state index contributed by atoms with van der Waals surface area (Å²) in [6.45, 7) is 1.65. The second-order valence-electron chi connectivity index (χ2n) is 3.94. The molecule has 100 valence electrons. The molecule has 0 radical (unpaired) electrons. The second kappa shape index (κ2) is 4.42. The second-order valence-corrected chi connectivity index (χ2v) is 3.94. The van der Waals surface area contributed by atoms with Crippen LogP contribution >= 0.6 is 0 Å². The van der Waals surface area contributed by atoms with Crippen molar-refractivity contribution in [1.82, 2.24) is 9.78 Å². The first-order valence-corrected chi connectivity index (χ1v) is 5.26. The quantitative estimate of drug-likeness (QED) is 0.912. The van der Waals surface area contributed by atoms with Crippen LogP contribution in [0.5, 0.6) is 0 Å². The van der Waals surface area contributed by atoms with Gasteiger partial charge in [0.15, 0.2) is 0 Å². The van der Waals surface area contributed by atoms with Gasteiger partial charge in [-0.15, -0.1) is 0 Å². The molecule has 1 aromatic carbocycles. The molecule has 7 heteroatoms. The first kappa shape index (κ1) is 13.1. The van der Waals surface area contributed by atoms with Crippen LogP contribution in [0.15, 0.2) is 30.5 Å². The Morgan fingerprint density at radius 2 is 2.00 bits per heavy atom. The van der Waals surface area contributed by atoms with E-state index in [9.17, 15) is 18.0 Å². The minimum atomic E-state index is -4.65. The van der Waals surface area contributed by atoms with Crippen LogP contribution in [0.25, 0.3) is 5.69 Å². The monoisotopic (exact) mass is 270 g/mol. The fraction of sp³-hybridized carbons (Fsp3) is 0.167. The van der Waals surface area contributed by atoms with E-state index in [2.05, 4.69) is 5.10 Å². The van der Waals surface area contributed by atoms with Crippen molar-refractivity contribution in [1.29, 1.82) is 0 Å². The predicted octanol–water partition coefficient (Wildman–Crippen LogP) is 2.90. The SMILES string of the molecule is Cc1ccn(-c2ccc(C(=O)O)cc2C(F)(F)F)n1. The summed E-state index contributed by atoms with van der Waals surface area (Å²) in [6, 6.07) is 4.38. The molecule has 4 nitrogen and oxygen atoms in total. The highest BCUT2D eigenvalue weighted by Crippen LogP contribution is 2.34. The number of hydrogen-bond donors (Lipinski definition) is 1. The molecule has 0 amide bonds. The molecule has 2 rings (SSSR count). The molecule has 0 aliphatic carbocycles. The third kappa shape index (κ3) is 2.59. The van der Waals surface area contributed by atoms with Crippen LogP contribution in [0, 0.1) is 6.92 Å². The molecule has 0 spiro atoms. The van der Waals surface area contributed by atoms with Crippen molar-refractivity contribution in [2.24, 2.45) is 0 Å². The normalized spacial score (nSPS) is 11.6. The maximum atomic E-state index is 13.0. The van der Waals surface area contributed by atoms with Crippen LogP contribution in [0.3, 0.4) is 0 Å². The molecule has 1 N–H and O–H groups in total. The molecule has 0 unspecified atom stereocenters. The smallest absolute Gasteiger partial charge is 0.418 e. The van der Waals surface area contributed by atoms with E-state index < -0.39 is 23.3 Å². The molecule has 0 fully saturated rings. The Kier molecular flexibility index (Phi) is 3.05. The molecule has 0 aliphatic rings. The summed E-state index contributed by atoms with van der Waals surface area (Å²) in [5.41, 5.74) is -1.09. The van der Waals surface area contributed by atoms with Crippen LogP contribution in [0.1, 0.15) is 21.6 Å².